The number of hydrogen-bond acceptors (Lipinski definition) is 3. The highest BCUT2D eigenvalue weighted by Gasteiger charge is 2.26. The maximum absolute atomic E-state index is 12.5. The van der Waals surface area contributed by atoms with Crippen LogP contribution in [0.4, 0.5) is 0 Å². The van der Waals surface area contributed by atoms with Crippen molar-refractivity contribution in [3.63, 3.8) is 0 Å². The van der Waals surface area contributed by atoms with Crippen LogP contribution in [0, 0.1) is 17.2 Å². The van der Waals surface area contributed by atoms with E-state index in [0.29, 0.717) is 19.0 Å². The van der Waals surface area contributed by atoms with Crippen LogP contribution in [-0.4, -0.2) is 47.9 Å². The van der Waals surface area contributed by atoms with Gasteiger partial charge in [-0.1, -0.05) is 56.3 Å². The Labute approximate surface area is 155 Å². The first-order valence-electron chi connectivity index (χ1n) is 9.18. The van der Waals surface area contributed by atoms with Gasteiger partial charge in [-0.05, 0) is 28.3 Å². The maximum atomic E-state index is 12.5. The van der Waals surface area contributed by atoms with E-state index in [0.717, 1.165) is 24.0 Å². The van der Waals surface area contributed by atoms with Crippen LogP contribution in [0.2, 0.25) is 0 Å². The number of fused-ring (bicyclic) bond motifs is 1. The van der Waals surface area contributed by atoms with Crippen LogP contribution in [0.5, 0.6) is 0 Å². The molecule has 2 aromatic rings. The summed E-state index contributed by atoms with van der Waals surface area (Å²) in [4.78, 5) is 16.6. The van der Waals surface area contributed by atoms with E-state index in [-0.39, 0.29) is 11.9 Å². The highest BCUT2D eigenvalue weighted by atomic mass is 16.2. The molecule has 0 saturated carbocycles. The molecule has 1 aliphatic rings. The SMILES string of the molecule is CC(C)C(C#N)N1CCN(C(=O)/C=C/c2cccc3ccccc23)CC1. The minimum absolute atomic E-state index is 0.0376. The molecule has 26 heavy (non-hydrogen) atoms. The van der Waals surface area contributed by atoms with Crippen LogP contribution in [0.1, 0.15) is 19.4 Å². The summed E-state index contributed by atoms with van der Waals surface area (Å²) in [6, 6.07) is 16.6. The lowest BCUT2D eigenvalue weighted by molar-refractivity contribution is -0.127. The molecule has 3 rings (SSSR count). The second kappa shape index (κ2) is 8.16. The van der Waals surface area contributed by atoms with E-state index >= 15 is 0 Å². The van der Waals surface area contributed by atoms with Gasteiger partial charge in [0.1, 0.15) is 6.04 Å². The second-order valence-corrected chi connectivity index (χ2v) is 7.08. The average Bonchev–Trinajstić information content (AvgIpc) is 2.67. The summed E-state index contributed by atoms with van der Waals surface area (Å²) >= 11 is 0. The second-order valence-electron chi connectivity index (χ2n) is 7.08. The molecule has 1 saturated heterocycles. The van der Waals surface area contributed by atoms with Crippen molar-refractivity contribution in [2.45, 2.75) is 19.9 Å². The number of piperazine rings is 1. The zero-order valence-electron chi connectivity index (χ0n) is 15.4. The molecule has 0 spiro atoms. The summed E-state index contributed by atoms with van der Waals surface area (Å²) < 4.78 is 0. The van der Waals surface area contributed by atoms with Crippen LogP contribution in [0.25, 0.3) is 16.8 Å². The summed E-state index contributed by atoms with van der Waals surface area (Å²) in [5.41, 5.74) is 1.06. The molecule has 1 aliphatic heterocycles. The molecule has 0 bridgehead atoms. The number of nitrogens with zero attached hydrogens (tertiary/aromatic N) is 3. The van der Waals surface area contributed by atoms with Gasteiger partial charge in [-0.25, -0.2) is 0 Å². The molecule has 2 aromatic carbocycles. The fraction of sp³-hybridized carbons (Fsp3) is 0.364. The monoisotopic (exact) mass is 347 g/mol. The molecule has 1 amide bonds. The Bertz CT molecular complexity index is 837. The first-order valence-corrected chi connectivity index (χ1v) is 9.18. The van der Waals surface area contributed by atoms with Gasteiger partial charge in [0.2, 0.25) is 5.91 Å². The summed E-state index contributed by atoms with van der Waals surface area (Å²) in [5, 5.41) is 11.7. The van der Waals surface area contributed by atoms with Gasteiger partial charge in [0.15, 0.2) is 0 Å². The lowest BCUT2D eigenvalue weighted by atomic mass is 10.0. The van der Waals surface area contributed by atoms with E-state index in [9.17, 15) is 10.1 Å². The molecule has 0 radical (unpaired) electrons. The normalized spacial score (nSPS) is 16.9. The minimum Gasteiger partial charge on any atom is -0.337 e. The molecule has 134 valence electrons. The van der Waals surface area contributed by atoms with E-state index in [1.54, 1.807) is 6.08 Å². The van der Waals surface area contributed by atoms with Gasteiger partial charge < -0.3 is 4.90 Å². The quantitative estimate of drug-likeness (QED) is 0.795. The van der Waals surface area contributed by atoms with Crippen molar-refractivity contribution in [3.8, 4) is 6.07 Å². The summed E-state index contributed by atoms with van der Waals surface area (Å²) in [7, 11) is 0. The zero-order valence-corrected chi connectivity index (χ0v) is 15.4. The predicted molar refractivity (Wildman–Crippen MR) is 105 cm³/mol. The Kier molecular flexibility index (Phi) is 5.70. The lowest BCUT2D eigenvalue weighted by Crippen LogP contribution is -2.52. The summed E-state index contributed by atoms with van der Waals surface area (Å²) in [6.07, 6.45) is 3.57. The van der Waals surface area contributed by atoms with E-state index in [1.165, 1.54) is 5.39 Å². The van der Waals surface area contributed by atoms with Crippen molar-refractivity contribution in [1.82, 2.24) is 9.80 Å². The van der Waals surface area contributed by atoms with Gasteiger partial charge >= 0.3 is 0 Å². The molecular weight excluding hydrogens is 322 g/mol. The highest BCUT2D eigenvalue weighted by Crippen LogP contribution is 2.20. The molecule has 1 heterocycles. The van der Waals surface area contributed by atoms with Gasteiger partial charge in [-0.15, -0.1) is 0 Å². The van der Waals surface area contributed by atoms with Gasteiger partial charge in [-0.3, -0.25) is 9.69 Å². The van der Waals surface area contributed by atoms with Gasteiger partial charge in [-0.2, -0.15) is 5.26 Å². The number of carbonyl (C=O) groups is 1. The number of rotatable bonds is 4. The molecule has 0 aliphatic carbocycles. The summed E-state index contributed by atoms with van der Waals surface area (Å²) in [5.74, 6) is 0.337. The number of nitriles is 1. The van der Waals surface area contributed by atoms with Gasteiger partial charge in [0, 0.05) is 32.3 Å². The molecule has 1 atom stereocenters. The fourth-order valence-corrected chi connectivity index (χ4v) is 3.54. The topological polar surface area (TPSA) is 47.3 Å². The van der Waals surface area contributed by atoms with Crippen LogP contribution in [0.3, 0.4) is 0 Å². The first-order chi connectivity index (χ1) is 12.6. The van der Waals surface area contributed by atoms with Crippen LogP contribution in [0.15, 0.2) is 48.5 Å². The van der Waals surface area contributed by atoms with Gasteiger partial charge in [0.25, 0.3) is 0 Å². The highest BCUT2D eigenvalue weighted by molar-refractivity contribution is 5.96. The van der Waals surface area contributed by atoms with Crippen molar-refractivity contribution >= 4 is 22.8 Å². The minimum atomic E-state index is -0.0709. The van der Waals surface area contributed by atoms with Crippen LogP contribution in [-0.2, 0) is 4.79 Å². The number of hydrogen-bond donors (Lipinski definition) is 0. The third kappa shape index (κ3) is 3.95. The molecule has 4 nitrogen and oxygen atoms in total. The van der Waals surface area contributed by atoms with Crippen LogP contribution < -0.4 is 0 Å². The van der Waals surface area contributed by atoms with Crippen molar-refractivity contribution in [2.24, 2.45) is 5.92 Å². The smallest absolute Gasteiger partial charge is 0.246 e. The predicted octanol–water partition coefficient (Wildman–Crippen LogP) is 3.55. The van der Waals surface area contributed by atoms with E-state index in [4.69, 9.17) is 0 Å². The lowest BCUT2D eigenvalue weighted by Gasteiger charge is -2.37. The average molecular weight is 347 g/mol. The number of carbonyl (C=O) groups excluding carboxylic acids is 1. The van der Waals surface area contributed by atoms with E-state index in [2.05, 4.69) is 43.0 Å². The Hall–Kier alpha value is -2.64. The maximum Gasteiger partial charge on any atom is 0.246 e. The molecule has 0 N–H and O–H groups in total. The Morgan fingerprint density at radius 2 is 1.77 bits per heavy atom. The Morgan fingerprint density at radius 1 is 1.08 bits per heavy atom. The zero-order chi connectivity index (χ0) is 18.5. The molecule has 1 fully saturated rings. The third-order valence-corrected chi connectivity index (χ3v) is 5.01. The fourth-order valence-electron chi connectivity index (χ4n) is 3.54. The molecule has 1 unspecified atom stereocenters. The Morgan fingerprint density at radius 3 is 2.46 bits per heavy atom. The Balaban J connectivity index is 1.64. The van der Waals surface area contributed by atoms with E-state index in [1.807, 2.05) is 35.2 Å². The molecule has 4 heteroatoms. The first kappa shape index (κ1) is 18.2. The van der Waals surface area contributed by atoms with Gasteiger partial charge in [0.05, 0.1) is 6.07 Å². The van der Waals surface area contributed by atoms with Crippen LogP contribution >= 0.6 is 0 Å². The van der Waals surface area contributed by atoms with Crippen molar-refractivity contribution in [2.75, 3.05) is 26.2 Å². The van der Waals surface area contributed by atoms with Crippen molar-refractivity contribution < 1.29 is 4.79 Å². The van der Waals surface area contributed by atoms with E-state index < -0.39 is 0 Å². The largest absolute Gasteiger partial charge is 0.337 e. The van der Waals surface area contributed by atoms with Crippen molar-refractivity contribution in [1.29, 1.82) is 5.26 Å². The molecule has 0 aromatic heterocycles. The van der Waals surface area contributed by atoms with Crippen molar-refractivity contribution in [3.05, 3.63) is 54.1 Å². The summed E-state index contributed by atoms with van der Waals surface area (Å²) in [6.45, 7) is 6.98. The standard InChI is InChI=1S/C22H25N3O/c1-17(2)21(16-23)24-12-14-25(15-13-24)22(26)11-10-19-8-5-7-18-6-3-4-9-20(18)19/h3-11,17,21H,12-15H2,1-2H3/b11-10+. The number of benzene rings is 2. The third-order valence-electron chi connectivity index (χ3n) is 5.01. The molecular formula is C22H25N3O. The number of amides is 1.